The highest BCUT2D eigenvalue weighted by atomic mass is 16.5. The molecule has 0 saturated heterocycles. The number of carbonyl (C=O) groups excluding carboxylic acids is 2. The number of aliphatic carboxylic acids is 1. The lowest BCUT2D eigenvalue weighted by Crippen LogP contribution is -2.48. The van der Waals surface area contributed by atoms with Gasteiger partial charge >= 0.3 is 12.0 Å². The van der Waals surface area contributed by atoms with Crippen molar-refractivity contribution in [2.24, 2.45) is 0 Å². The molecule has 0 saturated carbocycles. The van der Waals surface area contributed by atoms with Crippen LogP contribution in [0.4, 0.5) is 4.79 Å². The van der Waals surface area contributed by atoms with E-state index in [0.717, 1.165) is 0 Å². The highest BCUT2D eigenvalue weighted by Crippen LogP contribution is 1.92. The van der Waals surface area contributed by atoms with Crippen molar-refractivity contribution < 1.29 is 24.2 Å². The van der Waals surface area contributed by atoms with Crippen molar-refractivity contribution in [2.45, 2.75) is 12.5 Å². The van der Waals surface area contributed by atoms with Crippen LogP contribution in [0.15, 0.2) is 12.7 Å². The molecule has 0 aliphatic carbocycles. The van der Waals surface area contributed by atoms with Crippen LogP contribution in [0, 0.1) is 0 Å². The maximum atomic E-state index is 11.3. The lowest BCUT2D eigenvalue weighted by Gasteiger charge is -2.13. The van der Waals surface area contributed by atoms with Crippen LogP contribution >= 0.6 is 0 Å². The van der Waals surface area contributed by atoms with E-state index in [1.165, 1.54) is 13.2 Å². The van der Waals surface area contributed by atoms with Crippen molar-refractivity contribution in [3.05, 3.63) is 12.7 Å². The molecule has 0 rings (SSSR count). The normalized spacial score (nSPS) is 11.2. The van der Waals surface area contributed by atoms with Gasteiger partial charge in [0.2, 0.25) is 5.91 Å². The molecule has 0 heterocycles. The summed E-state index contributed by atoms with van der Waals surface area (Å²) < 4.78 is 4.73. The van der Waals surface area contributed by atoms with Gasteiger partial charge in [0.05, 0.1) is 13.2 Å². The Bertz CT molecular complexity index is 332. The molecule has 0 radical (unpaired) electrons. The highest BCUT2D eigenvalue weighted by molar-refractivity contribution is 5.86. The van der Waals surface area contributed by atoms with E-state index in [0.29, 0.717) is 13.2 Å². The first kappa shape index (κ1) is 16.9. The van der Waals surface area contributed by atoms with E-state index >= 15 is 0 Å². The number of methoxy groups -OCH3 is 1. The Balaban J connectivity index is 3.93. The molecule has 1 atom stereocenters. The smallest absolute Gasteiger partial charge is 0.326 e. The predicted molar refractivity (Wildman–Crippen MR) is 67.7 cm³/mol. The van der Waals surface area contributed by atoms with Gasteiger partial charge in [-0.2, -0.15) is 0 Å². The minimum absolute atomic E-state index is 0.1000. The molecule has 0 spiro atoms. The van der Waals surface area contributed by atoms with Crippen LogP contribution in [0.3, 0.4) is 0 Å². The number of carbonyl (C=O) groups is 3. The predicted octanol–water partition coefficient (Wildman–Crippen LogP) is -0.922. The number of hydrogen-bond acceptors (Lipinski definition) is 4. The number of urea groups is 1. The van der Waals surface area contributed by atoms with Crippen molar-refractivity contribution in [1.82, 2.24) is 16.0 Å². The largest absolute Gasteiger partial charge is 0.480 e. The summed E-state index contributed by atoms with van der Waals surface area (Å²) >= 11 is 0. The summed E-state index contributed by atoms with van der Waals surface area (Å²) in [5.41, 5.74) is 0. The topological polar surface area (TPSA) is 117 Å². The molecule has 0 aliphatic heterocycles. The van der Waals surface area contributed by atoms with Crippen LogP contribution < -0.4 is 16.0 Å². The van der Waals surface area contributed by atoms with Gasteiger partial charge in [-0.25, -0.2) is 9.59 Å². The Labute approximate surface area is 111 Å². The fraction of sp³-hybridized carbons (Fsp3) is 0.545. The van der Waals surface area contributed by atoms with Crippen LogP contribution in [0.5, 0.6) is 0 Å². The van der Waals surface area contributed by atoms with E-state index in [1.807, 2.05) is 0 Å². The van der Waals surface area contributed by atoms with Crippen molar-refractivity contribution in [2.75, 3.05) is 26.8 Å². The van der Waals surface area contributed by atoms with Gasteiger partial charge in [0, 0.05) is 13.7 Å². The second-order valence-electron chi connectivity index (χ2n) is 3.58. The Morgan fingerprint density at radius 3 is 2.58 bits per heavy atom. The Morgan fingerprint density at radius 1 is 1.37 bits per heavy atom. The lowest BCUT2D eigenvalue weighted by atomic mass is 10.2. The quantitative estimate of drug-likeness (QED) is 0.320. The average molecular weight is 273 g/mol. The van der Waals surface area contributed by atoms with Crippen LogP contribution in [0.25, 0.3) is 0 Å². The number of hydrogen-bond donors (Lipinski definition) is 4. The van der Waals surface area contributed by atoms with Gasteiger partial charge in [0.1, 0.15) is 6.04 Å². The molecule has 0 aromatic heterocycles. The summed E-state index contributed by atoms with van der Waals surface area (Å²) in [6.07, 6.45) is 1.49. The van der Waals surface area contributed by atoms with E-state index in [1.54, 1.807) is 0 Å². The van der Waals surface area contributed by atoms with Gasteiger partial charge in [-0.15, -0.1) is 6.58 Å². The summed E-state index contributed by atoms with van der Waals surface area (Å²) in [5, 5.41) is 15.8. The SMILES string of the molecule is C=CCC(NC(=O)NCC(=O)NCCOC)C(=O)O. The average Bonchev–Trinajstić information content (AvgIpc) is 2.36. The molecule has 19 heavy (non-hydrogen) atoms. The molecule has 0 aromatic rings. The van der Waals surface area contributed by atoms with E-state index in [9.17, 15) is 14.4 Å². The van der Waals surface area contributed by atoms with E-state index in [2.05, 4.69) is 22.5 Å². The molecule has 0 bridgehead atoms. The fourth-order valence-corrected chi connectivity index (χ4v) is 1.11. The molecule has 3 amide bonds. The molecule has 108 valence electrons. The van der Waals surface area contributed by atoms with Gasteiger partial charge in [0.15, 0.2) is 0 Å². The van der Waals surface area contributed by atoms with Crippen molar-refractivity contribution in [3.8, 4) is 0 Å². The number of rotatable bonds is 9. The zero-order chi connectivity index (χ0) is 14.7. The van der Waals surface area contributed by atoms with Crippen LogP contribution in [-0.2, 0) is 14.3 Å². The van der Waals surface area contributed by atoms with Gasteiger partial charge in [-0.05, 0) is 6.42 Å². The molecule has 1 unspecified atom stereocenters. The van der Waals surface area contributed by atoms with Crippen LogP contribution in [-0.4, -0.2) is 55.9 Å². The third kappa shape index (κ3) is 8.61. The Kier molecular flexibility index (Phi) is 8.80. The van der Waals surface area contributed by atoms with Crippen LogP contribution in [0.1, 0.15) is 6.42 Å². The second kappa shape index (κ2) is 9.89. The third-order valence-electron chi connectivity index (χ3n) is 2.04. The Morgan fingerprint density at radius 2 is 2.05 bits per heavy atom. The highest BCUT2D eigenvalue weighted by Gasteiger charge is 2.18. The number of carboxylic acid groups (broad SMARTS) is 1. The number of carboxylic acids is 1. The van der Waals surface area contributed by atoms with Crippen LogP contribution in [0.2, 0.25) is 0 Å². The summed E-state index contributed by atoms with van der Waals surface area (Å²) in [4.78, 5) is 33.3. The summed E-state index contributed by atoms with van der Waals surface area (Å²) in [6, 6.07) is -1.79. The maximum Gasteiger partial charge on any atom is 0.326 e. The zero-order valence-electron chi connectivity index (χ0n) is 10.8. The fourth-order valence-electron chi connectivity index (χ4n) is 1.11. The molecule has 0 aliphatic rings. The molecule has 8 nitrogen and oxygen atoms in total. The monoisotopic (exact) mass is 273 g/mol. The molecule has 8 heteroatoms. The van der Waals surface area contributed by atoms with Crippen molar-refractivity contribution >= 4 is 17.9 Å². The molecule has 0 aromatic carbocycles. The van der Waals surface area contributed by atoms with Gasteiger partial charge in [-0.1, -0.05) is 6.08 Å². The molecule has 4 N–H and O–H groups in total. The first-order chi connectivity index (χ1) is 9.01. The van der Waals surface area contributed by atoms with Gasteiger partial charge in [0.25, 0.3) is 0 Å². The Hall–Kier alpha value is -2.09. The van der Waals surface area contributed by atoms with Gasteiger partial charge < -0.3 is 25.8 Å². The first-order valence-corrected chi connectivity index (χ1v) is 5.65. The molecule has 0 fully saturated rings. The zero-order valence-corrected chi connectivity index (χ0v) is 10.8. The second-order valence-corrected chi connectivity index (χ2v) is 3.58. The minimum atomic E-state index is -1.17. The van der Waals surface area contributed by atoms with E-state index < -0.39 is 18.0 Å². The third-order valence-corrected chi connectivity index (χ3v) is 2.04. The molecular weight excluding hydrogens is 254 g/mol. The summed E-state index contributed by atoms with van der Waals surface area (Å²) in [7, 11) is 1.50. The lowest BCUT2D eigenvalue weighted by molar-refractivity contribution is -0.139. The number of amides is 3. The van der Waals surface area contributed by atoms with E-state index in [-0.39, 0.29) is 18.9 Å². The summed E-state index contributed by atoms with van der Waals surface area (Å²) in [6.45, 7) is 3.87. The minimum Gasteiger partial charge on any atom is -0.480 e. The summed E-state index contributed by atoms with van der Waals surface area (Å²) in [5.74, 6) is -1.55. The maximum absolute atomic E-state index is 11.3. The number of nitrogens with one attached hydrogen (secondary N) is 3. The van der Waals surface area contributed by atoms with Gasteiger partial charge in [-0.3, -0.25) is 4.79 Å². The van der Waals surface area contributed by atoms with E-state index in [4.69, 9.17) is 9.84 Å². The van der Waals surface area contributed by atoms with Crippen molar-refractivity contribution in [3.63, 3.8) is 0 Å². The number of ether oxygens (including phenoxy) is 1. The van der Waals surface area contributed by atoms with Crippen molar-refractivity contribution in [1.29, 1.82) is 0 Å². The molecular formula is C11H19N3O5. The standard InChI is InChI=1S/C11H19N3O5/c1-3-4-8(10(16)17)14-11(18)13-7-9(15)12-5-6-19-2/h3,8H,1,4-7H2,2H3,(H,12,15)(H,16,17)(H2,13,14,18). The first-order valence-electron chi connectivity index (χ1n) is 5.65.